The van der Waals surface area contributed by atoms with Crippen LogP contribution < -0.4 is 10.6 Å². The first-order valence-corrected chi connectivity index (χ1v) is 8.52. The van der Waals surface area contributed by atoms with Gasteiger partial charge in [-0.05, 0) is 43.5 Å². The molecule has 0 radical (unpaired) electrons. The van der Waals surface area contributed by atoms with Gasteiger partial charge in [-0.1, -0.05) is 42.0 Å². The Kier molecular flexibility index (Phi) is 5.27. The van der Waals surface area contributed by atoms with E-state index < -0.39 is 0 Å². The molecule has 5 heteroatoms. The third-order valence-corrected chi connectivity index (χ3v) is 4.24. The highest BCUT2D eigenvalue weighted by atomic mass is 16.1. The molecule has 0 bridgehead atoms. The van der Waals surface area contributed by atoms with E-state index in [0.29, 0.717) is 12.4 Å². The Hall–Kier alpha value is -3.21. The number of nitrogens with one attached hydrogen (secondary N) is 2. The van der Waals surface area contributed by atoms with Crippen LogP contribution in [0.15, 0.2) is 54.9 Å². The van der Waals surface area contributed by atoms with Gasteiger partial charge < -0.3 is 10.6 Å². The molecule has 0 saturated carbocycles. The van der Waals surface area contributed by atoms with Gasteiger partial charge in [-0.3, -0.25) is 4.79 Å². The van der Waals surface area contributed by atoms with Gasteiger partial charge in [0.15, 0.2) is 0 Å². The number of anilines is 2. The molecule has 3 rings (SSSR count). The molecule has 2 N–H and O–H groups in total. The van der Waals surface area contributed by atoms with Crippen LogP contribution in [0, 0.1) is 20.8 Å². The standard InChI is InChI=1S/C21H22N4O/c1-14-8-9-18(16(3)10-14)25-21(26)19-12-24-20(13-22-19)23-11-17-7-5-4-6-15(17)2/h4-10,12-13H,11H2,1-3H3,(H,23,24)(H,25,26). The van der Waals surface area contributed by atoms with E-state index >= 15 is 0 Å². The van der Waals surface area contributed by atoms with Gasteiger partial charge in [-0.15, -0.1) is 0 Å². The van der Waals surface area contributed by atoms with Crippen LogP contribution in [-0.2, 0) is 6.54 Å². The predicted molar refractivity (Wildman–Crippen MR) is 104 cm³/mol. The van der Waals surface area contributed by atoms with Gasteiger partial charge in [0.2, 0.25) is 0 Å². The van der Waals surface area contributed by atoms with Gasteiger partial charge in [0.1, 0.15) is 11.5 Å². The molecule has 0 unspecified atom stereocenters. The van der Waals surface area contributed by atoms with Crippen LogP contribution >= 0.6 is 0 Å². The molecule has 0 aliphatic rings. The van der Waals surface area contributed by atoms with Crippen molar-refractivity contribution in [2.24, 2.45) is 0 Å². The molecular formula is C21H22N4O. The van der Waals surface area contributed by atoms with Crippen LogP contribution in [0.5, 0.6) is 0 Å². The van der Waals surface area contributed by atoms with Crippen LogP contribution in [0.25, 0.3) is 0 Å². The highest BCUT2D eigenvalue weighted by Crippen LogP contribution is 2.17. The van der Waals surface area contributed by atoms with Crippen LogP contribution in [0.4, 0.5) is 11.5 Å². The third kappa shape index (κ3) is 4.25. The van der Waals surface area contributed by atoms with Crippen molar-refractivity contribution in [3.63, 3.8) is 0 Å². The number of hydrogen-bond donors (Lipinski definition) is 2. The minimum Gasteiger partial charge on any atom is -0.365 e. The summed E-state index contributed by atoms with van der Waals surface area (Å²) in [7, 11) is 0. The lowest BCUT2D eigenvalue weighted by molar-refractivity contribution is 0.102. The SMILES string of the molecule is Cc1ccc(NC(=O)c2cnc(NCc3ccccc3C)cn2)c(C)c1. The number of carbonyl (C=O) groups is 1. The lowest BCUT2D eigenvalue weighted by Crippen LogP contribution is -2.15. The molecule has 132 valence electrons. The molecular weight excluding hydrogens is 324 g/mol. The summed E-state index contributed by atoms with van der Waals surface area (Å²) in [5.74, 6) is 0.367. The summed E-state index contributed by atoms with van der Waals surface area (Å²) >= 11 is 0. The first kappa shape index (κ1) is 17.6. The van der Waals surface area contributed by atoms with E-state index in [0.717, 1.165) is 16.8 Å². The van der Waals surface area contributed by atoms with E-state index in [-0.39, 0.29) is 11.6 Å². The molecule has 0 fully saturated rings. The maximum atomic E-state index is 12.4. The monoisotopic (exact) mass is 346 g/mol. The summed E-state index contributed by atoms with van der Waals surface area (Å²) in [4.78, 5) is 20.9. The number of carbonyl (C=O) groups excluding carboxylic acids is 1. The average molecular weight is 346 g/mol. The Balaban J connectivity index is 1.63. The van der Waals surface area contributed by atoms with Gasteiger partial charge in [-0.25, -0.2) is 9.97 Å². The highest BCUT2D eigenvalue weighted by molar-refractivity contribution is 6.03. The zero-order valence-electron chi connectivity index (χ0n) is 15.2. The maximum Gasteiger partial charge on any atom is 0.275 e. The molecule has 2 aromatic carbocycles. The van der Waals surface area contributed by atoms with Crippen molar-refractivity contribution in [2.75, 3.05) is 10.6 Å². The molecule has 0 atom stereocenters. The molecule has 1 amide bonds. The summed E-state index contributed by atoms with van der Waals surface area (Å²) in [6, 6.07) is 14.1. The molecule has 5 nitrogen and oxygen atoms in total. The Bertz CT molecular complexity index is 920. The number of amides is 1. The minimum atomic E-state index is -0.269. The molecule has 26 heavy (non-hydrogen) atoms. The smallest absolute Gasteiger partial charge is 0.275 e. The van der Waals surface area contributed by atoms with E-state index in [1.165, 1.54) is 17.3 Å². The van der Waals surface area contributed by atoms with Crippen LogP contribution in [0.1, 0.15) is 32.7 Å². The van der Waals surface area contributed by atoms with Crippen molar-refractivity contribution in [1.82, 2.24) is 9.97 Å². The van der Waals surface area contributed by atoms with E-state index in [1.807, 2.05) is 44.2 Å². The summed E-state index contributed by atoms with van der Waals surface area (Å²) < 4.78 is 0. The third-order valence-electron chi connectivity index (χ3n) is 4.24. The number of nitrogens with zero attached hydrogens (tertiary/aromatic N) is 2. The fraction of sp³-hybridized carbons (Fsp3) is 0.190. The Morgan fingerprint density at radius 1 is 0.962 bits per heavy atom. The average Bonchev–Trinajstić information content (AvgIpc) is 2.64. The number of hydrogen-bond acceptors (Lipinski definition) is 4. The van der Waals surface area contributed by atoms with Crippen molar-refractivity contribution < 1.29 is 4.79 Å². The molecule has 3 aromatic rings. The molecule has 0 saturated heterocycles. The Morgan fingerprint density at radius 2 is 1.77 bits per heavy atom. The summed E-state index contributed by atoms with van der Waals surface area (Å²) in [6.45, 7) is 6.72. The van der Waals surface area contributed by atoms with Crippen LogP contribution in [0.3, 0.4) is 0 Å². The van der Waals surface area contributed by atoms with Gasteiger partial charge in [0.25, 0.3) is 5.91 Å². The molecule has 1 heterocycles. The van der Waals surface area contributed by atoms with E-state index in [9.17, 15) is 4.79 Å². The zero-order valence-corrected chi connectivity index (χ0v) is 15.2. The lowest BCUT2D eigenvalue weighted by atomic mass is 10.1. The Labute approximate surface area is 153 Å². The normalized spacial score (nSPS) is 10.4. The van der Waals surface area contributed by atoms with Gasteiger partial charge in [-0.2, -0.15) is 0 Å². The van der Waals surface area contributed by atoms with Crippen molar-refractivity contribution in [1.29, 1.82) is 0 Å². The van der Waals surface area contributed by atoms with Gasteiger partial charge >= 0.3 is 0 Å². The van der Waals surface area contributed by atoms with Crippen molar-refractivity contribution in [2.45, 2.75) is 27.3 Å². The second-order valence-corrected chi connectivity index (χ2v) is 6.34. The summed E-state index contributed by atoms with van der Waals surface area (Å²) in [5, 5.41) is 6.10. The minimum absolute atomic E-state index is 0.269. The molecule has 0 spiro atoms. The van der Waals surface area contributed by atoms with Crippen molar-refractivity contribution in [3.8, 4) is 0 Å². The van der Waals surface area contributed by atoms with E-state index in [1.54, 1.807) is 6.20 Å². The maximum absolute atomic E-state index is 12.4. The predicted octanol–water partition coefficient (Wildman–Crippen LogP) is 4.27. The molecule has 0 aliphatic carbocycles. The first-order valence-electron chi connectivity index (χ1n) is 8.52. The fourth-order valence-corrected chi connectivity index (χ4v) is 2.67. The quantitative estimate of drug-likeness (QED) is 0.724. The van der Waals surface area contributed by atoms with Crippen LogP contribution in [-0.4, -0.2) is 15.9 Å². The second-order valence-electron chi connectivity index (χ2n) is 6.34. The topological polar surface area (TPSA) is 66.9 Å². The van der Waals surface area contributed by atoms with E-state index in [2.05, 4.69) is 39.7 Å². The van der Waals surface area contributed by atoms with Crippen molar-refractivity contribution >= 4 is 17.4 Å². The summed E-state index contributed by atoms with van der Waals surface area (Å²) in [5.41, 5.74) is 5.66. The Morgan fingerprint density at radius 3 is 2.46 bits per heavy atom. The molecule has 1 aromatic heterocycles. The highest BCUT2D eigenvalue weighted by Gasteiger charge is 2.10. The largest absolute Gasteiger partial charge is 0.365 e. The first-order chi connectivity index (χ1) is 12.5. The number of benzene rings is 2. The number of aromatic nitrogens is 2. The number of aryl methyl sites for hydroxylation is 3. The number of rotatable bonds is 5. The summed E-state index contributed by atoms with van der Waals surface area (Å²) in [6.07, 6.45) is 3.06. The van der Waals surface area contributed by atoms with Crippen LogP contribution in [0.2, 0.25) is 0 Å². The molecule has 0 aliphatic heterocycles. The lowest BCUT2D eigenvalue weighted by Gasteiger charge is -2.10. The zero-order chi connectivity index (χ0) is 18.5. The van der Waals surface area contributed by atoms with Crippen molar-refractivity contribution in [3.05, 3.63) is 82.8 Å². The second kappa shape index (κ2) is 7.78. The van der Waals surface area contributed by atoms with E-state index in [4.69, 9.17) is 0 Å². The van der Waals surface area contributed by atoms with Gasteiger partial charge in [0.05, 0.1) is 12.4 Å². The fourth-order valence-electron chi connectivity index (χ4n) is 2.67. The van der Waals surface area contributed by atoms with Gasteiger partial charge in [0, 0.05) is 12.2 Å².